The molecule has 2 nitrogen and oxygen atoms in total. The van der Waals surface area contributed by atoms with E-state index in [1.807, 2.05) is 13.0 Å². The van der Waals surface area contributed by atoms with E-state index in [9.17, 15) is 0 Å². The molecule has 4 heteroatoms. The van der Waals surface area contributed by atoms with Crippen LogP contribution in [0.5, 0.6) is 5.75 Å². The third kappa shape index (κ3) is 5.74. The molecule has 1 N–H and O–H groups in total. The molecule has 1 aromatic carbocycles. The van der Waals surface area contributed by atoms with Gasteiger partial charge in [-0.05, 0) is 54.2 Å². The molecule has 0 spiro atoms. The van der Waals surface area contributed by atoms with Gasteiger partial charge in [0.15, 0.2) is 0 Å². The molecule has 0 saturated carbocycles. The number of halogens is 2. The summed E-state index contributed by atoms with van der Waals surface area (Å²) in [7, 11) is 0. The zero-order valence-corrected chi connectivity index (χ0v) is 16.0. The van der Waals surface area contributed by atoms with Crippen LogP contribution >= 0.6 is 31.9 Å². The molecule has 0 bridgehead atoms. The lowest BCUT2D eigenvalue weighted by Gasteiger charge is -2.19. The fourth-order valence-corrected chi connectivity index (χ4v) is 3.62. The fourth-order valence-electron chi connectivity index (χ4n) is 2.19. The molecule has 0 heterocycles. The van der Waals surface area contributed by atoms with Crippen LogP contribution in [0.1, 0.15) is 46.1 Å². The molecular weight excluding hydrogens is 382 g/mol. The second-order valence-corrected chi connectivity index (χ2v) is 7.11. The van der Waals surface area contributed by atoms with E-state index in [0.29, 0.717) is 12.6 Å². The number of nitrogens with one attached hydrogen (secondary N) is 1. The lowest BCUT2D eigenvalue weighted by molar-refractivity contribution is 0.331. The number of hydrogen-bond donors (Lipinski definition) is 1. The van der Waals surface area contributed by atoms with Crippen LogP contribution in [0.25, 0.3) is 0 Å². The minimum atomic E-state index is 0.511. The van der Waals surface area contributed by atoms with Crippen molar-refractivity contribution in [2.75, 3.05) is 6.61 Å². The van der Waals surface area contributed by atoms with Gasteiger partial charge in [0, 0.05) is 22.6 Å². The summed E-state index contributed by atoms with van der Waals surface area (Å²) in [6.45, 7) is 10.3. The number of benzene rings is 1. The highest BCUT2D eigenvalue weighted by Gasteiger charge is 2.12. The van der Waals surface area contributed by atoms with E-state index in [1.165, 1.54) is 18.4 Å². The second-order valence-electron chi connectivity index (χ2n) is 5.34. The number of rotatable bonds is 8. The summed E-state index contributed by atoms with van der Waals surface area (Å²) in [5.41, 5.74) is 1.18. The van der Waals surface area contributed by atoms with Crippen molar-refractivity contribution >= 4 is 31.9 Å². The van der Waals surface area contributed by atoms with Crippen LogP contribution in [-0.2, 0) is 6.54 Å². The molecule has 2 unspecified atom stereocenters. The van der Waals surface area contributed by atoms with E-state index in [-0.39, 0.29) is 0 Å². The Morgan fingerprint density at radius 1 is 1.20 bits per heavy atom. The third-order valence-electron chi connectivity index (χ3n) is 3.47. The topological polar surface area (TPSA) is 21.3 Å². The Morgan fingerprint density at radius 2 is 1.90 bits per heavy atom. The van der Waals surface area contributed by atoms with Crippen molar-refractivity contribution in [2.45, 2.75) is 53.1 Å². The predicted octanol–water partition coefficient (Wildman–Crippen LogP) is 5.52. The fraction of sp³-hybridized carbons (Fsp3) is 0.625. The van der Waals surface area contributed by atoms with E-state index in [0.717, 1.165) is 27.2 Å². The summed E-state index contributed by atoms with van der Waals surface area (Å²) in [5.74, 6) is 1.71. The minimum Gasteiger partial charge on any atom is -0.492 e. The first-order chi connectivity index (χ1) is 9.47. The molecule has 2 atom stereocenters. The van der Waals surface area contributed by atoms with E-state index in [4.69, 9.17) is 4.74 Å². The van der Waals surface area contributed by atoms with Gasteiger partial charge >= 0.3 is 0 Å². The Labute approximate surface area is 139 Å². The average molecular weight is 407 g/mol. The van der Waals surface area contributed by atoms with Crippen LogP contribution in [0.4, 0.5) is 0 Å². The van der Waals surface area contributed by atoms with E-state index in [1.54, 1.807) is 0 Å². The maximum absolute atomic E-state index is 5.75. The van der Waals surface area contributed by atoms with Gasteiger partial charge in [0.05, 0.1) is 11.1 Å². The first kappa shape index (κ1) is 18.0. The maximum Gasteiger partial charge on any atom is 0.138 e. The molecule has 0 aliphatic rings. The maximum atomic E-state index is 5.75. The highest BCUT2D eigenvalue weighted by molar-refractivity contribution is 9.11. The molecule has 0 aliphatic carbocycles. The molecular formula is C16H25Br2NO. The van der Waals surface area contributed by atoms with E-state index < -0.39 is 0 Å². The third-order valence-corrected chi connectivity index (χ3v) is 4.51. The normalized spacial score (nSPS) is 14.1. The van der Waals surface area contributed by atoms with Gasteiger partial charge in [-0.2, -0.15) is 0 Å². The van der Waals surface area contributed by atoms with Gasteiger partial charge in [-0.3, -0.25) is 0 Å². The van der Waals surface area contributed by atoms with E-state index >= 15 is 0 Å². The van der Waals surface area contributed by atoms with Crippen molar-refractivity contribution in [2.24, 2.45) is 5.92 Å². The SMILES string of the molecule is CCOc1c(Br)cc(Br)cc1CNC(C)CC(C)CC. The predicted molar refractivity (Wildman–Crippen MR) is 93.4 cm³/mol. The average Bonchev–Trinajstić information content (AvgIpc) is 2.39. The Bertz CT molecular complexity index is 423. The standard InChI is InChI=1S/C16H25Br2NO/c1-5-11(3)7-12(4)19-10-13-8-14(17)9-15(18)16(13)20-6-2/h8-9,11-12,19H,5-7,10H2,1-4H3. The quantitative estimate of drug-likeness (QED) is 0.613. The molecule has 0 aliphatic heterocycles. The largest absolute Gasteiger partial charge is 0.492 e. The first-order valence-electron chi connectivity index (χ1n) is 7.31. The second kappa shape index (κ2) is 9.06. The van der Waals surface area contributed by atoms with Crippen LogP contribution in [0.2, 0.25) is 0 Å². The highest BCUT2D eigenvalue weighted by atomic mass is 79.9. The van der Waals surface area contributed by atoms with Crippen molar-refractivity contribution in [3.63, 3.8) is 0 Å². The lowest BCUT2D eigenvalue weighted by Crippen LogP contribution is -2.27. The van der Waals surface area contributed by atoms with Gasteiger partial charge in [-0.15, -0.1) is 0 Å². The summed E-state index contributed by atoms with van der Waals surface area (Å²) < 4.78 is 7.82. The Balaban J connectivity index is 2.71. The Hall–Kier alpha value is -0.0600. The molecule has 20 heavy (non-hydrogen) atoms. The van der Waals surface area contributed by atoms with Crippen molar-refractivity contribution in [1.29, 1.82) is 0 Å². The van der Waals surface area contributed by atoms with Gasteiger partial charge in [0.25, 0.3) is 0 Å². The van der Waals surface area contributed by atoms with Crippen molar-refractivity contribution in [3.05, 3.63) is 26.6 Å². The summed E-state index contributed by atoms with van der Waals surface area (Å²) >= 11 is 7.12. The summed E-state index contributed by atoms with van der Waals surface area (Å²) in [6.07, 6.45) is 2.44. The zero-order chi connectivity index (χ0) is 15.1. The van der Waals surface area contributed by atoms with Gasteiger partial charge < -0.3 is 10.1 Å². The molecule has 1 rings (SSSR count). The zero-order valence-electron chi connectivity index (χ0n) is 12.8. The van der Waals surface area contributed by atoms with Crippen molar-refractivity contribution in [1.82, 2.24) is 5.32 Å². The van der Waals surface area contributed by atoms with Gasteiger partial charge in [0.2, 0.25) is 0 Å². The van der Waals surface area contributed by atoms with Gasteiger partial charge in [0.1, 0.15) is 5.75 Å². The van der Waals surface area contributed by atoms with Crippen LogP contribution in [-0.4, -0.2) is 12.6 Å². The van der Waals surface area contributed by atoms with Crippen molar-refractivity contribution in [3.8, 4) is 5.75 Å². The van der Waals surface area contributed by atoms with E-state index in [2.05, 4.69) is 64.0 Å². The van der Waals surface area contributed by atoms with Crippen LogP contribution in [0.3, 0.4) is 0 Å². The van der Waals surface area contributed by atoms with Crippen LogP contribution in [0.15, 0.2) is 21.1 Å². The lowest BCUT2D eigenvalue weighted by atomic mass is 10.0. The number of ether oxygens (including phenoxy) is 1. The molecule has 0 amide bonds. The monoisotopic (exact) mass is 405 g/mol. The minimum absolute atomic E-state index is 0.511. The molecule has 114 valence electrons. The smallest absolute Gasteiger partial charge is 0.138 e. The summed E-state index contributed by atoms with van der Waals surface area (Å²) in [4.78, 5) is 0. The van der Waals surface area contributed by atoms with Crippen LogP contribution in [0, 0.1) is 5.92 Å². The summed E-state index contributed by atoms with van der Waals surface area (Å²) in [5, 5.41) is 3.60. The summed E-state index contributed by atoms with van der Waals surface area (Å²) in [6, 6.07) is 4.66. The molecule has 0 fully saturated rings. The highest BCUT2D eigenvalue weighted by Crippen LogP contribution is 2.33. The van der Waals surface area contributed by atoms with Crippen molar-refractivity contribution < 1.29 is 4.74 Å². The molecule has 0 saturated heterocycles. The van der Waals surface area contributed by atoms with Gasteiger partial charge in [-0.1, -0.05) is 36.2 Å². The Morgan fingerprint density at radius 3 is 2.50 bits per heavy atom. The Kier molecular flexibility index (Phi) is 8.15. The first-order valence-corrected chi connectivity index (χ1v) is 8.90. The molecule has 0 aromatic heterocycles. The molecule has 0 radical (unpaired) electrons. The van der Waals surface area contributed by atoms with Crippen LogP contribution < -0.4 is 10.1 Å². The molecule has 1 aromatic rings. The number of hydrogen-bond acceptors (Lipinski definition) is 2. The van der Waals surface area contributed by atoms with Gasteiger partial charge in [-0.25, -0.2) is 0 Å².